The van der Waals surface area contributed by atoms with Crippen LogP contribution in [0.15, 0.2) is 0 Å². The molecule has 0 bridgehead atoms. The molecule has 1 fully saturated rings. The number of rotatable bonds is 3. The van der Waals surface area contributed by atoms with Crippen molar-refractivity contribution in [1.82, 2.24) is 9.78 Å². The summed E-state index contributed by atoms with van der Waals surface area (Å²) in [4.78, 5) is 2.76. The Morgan fingerprint density at radius 1 is 1.40 bits per heavy atom. The van der Waals surface area contributed by atoms with Crippen molar-refractivity contribution in [1.29, 1.82) is 0 Å². The summed E-state index contributed by atoms with van der Waals surface area (Å²) in [7, 11) is 4.11. The highest BCUT2D eigenvalue weighted by Gasteiger charge is 2.31. The number of nitrogens with two attached hydrogens (primary N) is 1. The monoisotopic (exact) mass is 294 g/mol. The minimum Gasteiger partial charge on any atom is -0.389 e. The zero-order valence-electron chi connectivity index (χ0n) is 13.2. The van der Waals surface area contributed by atoms with Crippen LogP contribution in [0.3, 0.4) is 0 Å². The molecule has 0 atom stereocenters. The van der Waals surface area contributed by atoms with Crippen molar-refractivity contribution in [3.8, 4) is 0 Å². The predicted molar refractivity (Wildman–Crippen MR) is 88.3 cm³/mol. The fraction of sp³-hybridized carbons (Fsp3) is 0.733. The Balaban J connectivity index is 2.26. The SMILES string of the molecule is Cc1nn(C)c(N(C)C2CCC(C)(C)CC2)c1C(N)=S. The fourth-order valence-corrected chi connectivity index (χ4v) is 3.52. The number of aryl methyl sites for hydroxylation is 2. The van der Waals surface area contributed by atoms with Gasteiger partial charge in [0.15, 0.2) is 0 Å². The van der Waals surface area contributed by atoms with E-state index in [-0.39, 0.29) is 0 Å². The van der Waals surface area contributed by atoms with E-state index >= 15 is 0 Å². The van der Waals surface area contributed by atoms with Crippen LogP contribution < -0.4 is 10.6 Å². The summed E-state index contributed by atoms with van der Waals surface area (Å²) in [5, 5.41) is 4.48. The maximum Gasteiger partial charge on any atom is 0.137 e. The Kier molecular flexibility index (Phi) is 4.09. The molecule has 1 heterocycles. The van der Waals surface area contributed by atoms with Gasteiger partial charge in [-0.05, 0) is 38.0 Å². The normalized spacial score (nSPS) is 19.1. The van der Waals surface area contributed by atoms with Crippen LogP contribution in [-0.4, -0.2) is 27.9 Å². The Labute approximate surface area is 127 Å². The smallest absolute Gasteiger partial charge is 0.137 e. The number of thiocarbonyl (C=S) groups is 1. The largest absolute Gasteiger partial charge is 0.389 e. The molecule has 1 aromatic heterocycles. The van der Waals surface area contributed by atoms with E-state index in [1.165, 1.54) is 25.7 Å². The van der Waals surface area contributed by atoms with E-state index in [0.717, 1.165) is 17.1 Å². The van der Waals surface area contributed by atoms with E-state index in [2.05, 4.69) is 30.9 Å². The first kappa shape index (κ1) is 15.3. The van der Waals surface area contributed by atoms with E-state index < -0.39 is 0 Å². The highest BCUT2D eigenvalue weighted by atomic mass is 32.1. The average Bonchev–Trinajstić information content (AvgIpc) is 2.63. The van der Waals surface area contributed by atoms with Gasteiger partial charge in [0.05, 0.1) is 11.3 Å². The Hall–Kier alpha value is -1.10. The molecule has 0 saturated heterocycles. The maximum atomic E-state index is 5.89. The van der Waals surface area contributed by atoms with Crippen LogP contribution in [0.1, 0.15) is 50.8 Å². The molecule has 1 aliphatic rings. The van der Waals surface area contributed by atoms with Crippen LogP contribution in [0.25, 0.3) is 0 Å². The van der Waals surface area contributed by atoms with Gasteiger partial charge in [0.2, 0.25) is 0 Å². The van der Waals surface area contributed by atoms with Gasteiger partial charge < -0.3 is 10.6 Å². The molecule has 4 nitrogen and oxygen atoms in total. The molecule has 0 aliphatic heterocycles. The molecule has 0 unspecified atom stereocenters. The molecule has 0 aromatic carbocycles. The van der Waals surface area contributed by atoms with Gasteiger partial charge in [-0.1, -0.05) is 26.1 Å². The maximum absolute atomic E-state index is 5.89. The van der Waals surface area contributed by atoms with E-state index in [4.69, 9.17) is 18.0 Å². The number of hydrogen-bond acceptors (Lipinski definition) is 3. The van der Waals surface area contributed by atoms with Gasteiger partial charge in [0, 0.05) is 20.1 Å². The van der Waals surface area contributed by atoms with Crippen LogP contribution in [0.2, 0.25) is 0 Å². The summed E-state index contributed by atoms with van der Waals surface area (Å²) in [6, 6.07) is 0.547. The minimum absolute atomic E-state index is 0.439. The summed E-state index contributed by atoms with van der Waals surface area (Å²) in [6.45, 7) is 6.69. The van der Waals surface area contributed by atoms with Crippen LogP contribution in [-0.2, 0) is 7.05 Å². The molecular formula is C15H26N4S. The van der Waals surface area contributed by atoms with Crippen molar-refractivity contribution in [3.05, 3.63) is 11.3 Å². The highest BCUT2D eigenvalue weighted by Crippen LogP contribution is 2.38. The van der Waals surface area contributed by atoms with Crippen LogP contribution in [0.4, 0.5) is 5.82 Å². The minimum atomic E-state index is 0.439. The first-order valence-electron chi connectivity index (χ1n) is 7.29. The Morgan fingerprint density at radius 2 is 1.95 bits per heavy atom. The summed E-state index contributed by atoms with van der Waals surface area (Å²) < 4.78 is 1.91. The van der Waals surface area contributed by atoms with Crippen LogP contribution in [0.5, 0.6) is 0 Å². The number of aromatic nitrogens is 2. The zero-order valence-corrected chi connectivity index (χ0v) is 14.0. The quantitative estimate of drug-likeness (QED) is 0.871. The predicted octanol–water partition coefficient (Wildman–Crippen LogP) is 2.77. The summed E-state index contributed by atoms with van der Waals surface area (Å²) >= 11 is 5.21. The lowest BCUT2D eigenvalue weighted by atomic mass is 9.75. The van der Waals surface area contributed by atoms with E-state index in [1.54, 1.807) is 0 Å². The van der Waals surface area contributed by atoms with Gasteiger partial charge in [-0.25, -0.2) is 0 Å². The van der Waals surface area contributed by atoms with E-state index in [0.29, 0.717) is 16.4 Å². The fourth-order valence-electron chi connectivity index (χ4n) is 3.28. The number of anilines is 1. The Bertz CT molecular complexity index is 508. The third-order valence-corrected chi connectivity index (χ3v) is 4.83. The van der Waals surface area contributed by atoms with Gasteiger partial charge in [0.25, 0.3) is 0 Å². The highest BCUT2D eigenvalue weighted by molar-refractivity contribution is 7.80. The molecule has 20 heavy (non-hydrogen) atoms. The molecule has 0 amide bonds. The van der Waals surface area contributed by atoms with Crippen LogP contribution in [0, 0.1) is 12.3 Å². The first-order chi connectivity index (χ1) is 9.23. The topological polar surface area (TPSA) is 47.1 Å². The lowest BCUT2D eigenvalue weighted by molar-refractivity contribution is 0.222. The van der Waals surface area contributed by atoms with Crippen molar-refractivity contribution in [3.63, 3.8) is 0 Å². The molecule has 1 saturated carbocycles. The van der Waals surface area contributed by atoms with Gasteiger partial charge in [-0.15, -0.1) is 0 Å². The lowest BCUT2D eigenvalue weighted by Crippen LogP contribution is -2.39. The van der Waals surface area contributed by atoms with Gasteiger partial charge in [-0.3, -0.25) is 4.68 Å². The Morgan fingerprint density at radius 3 is 2.45 bits per heavy atom. The van der Waals surface area contributed by atoms with E-state index in [9.17, 15) is 0 Å². The second kappa shape index (κ2) is 5.35. The molecule has 0 radical (unpaired) electrons. The van der Waals surface area contributed by atoms with Gasteiger partial charge in [0.1, 0.15) is 10.8 Å². The molecule has 0 spiro atoms. The molecular weight excluding hydrogens is 268 g/mol. The third-order valence-electron chi connectivity index (χ3n) is 4.63. The second-order valence-corrected chi connectivity index (χ2v) is 7.22. The summed E-state index contributed by atoms with van der Waals surface area (Å²) in [5.74, 6) is 1.06. The first-order valence-corrected chi connectivity index (χ1v) is 7.70. The molecule has 5 heteroatoms. The van der Waals surface area contributed by atoms with Crippen molar-refractivity contribution in [2.45, 2.75) is 52.5 Å². The molecule has 112 valence electrons. The second-order valence-electron chi connectivity index (χ2n) is 6.78. The summed E-state index contributed by atoms with van der Waals surface area (Å²) in [5.41, 5.74) is 8.21. The van der Waals surface area contributed by atoms with Gasteiger partial charge in [-0.2, -0.15) is 5.10 Å². The average molecular weight is 294 g/mol. The molecule has 1 aromatic rings. The van der Waals surface area contributed by atoms with Crippen molar-refractivity contribution < 1.29 is 0 Å². The zero-order chi connectivity index (χ0) is 15.1. The van der Waals surface area contributed by atoms with E-state index in [1.807, 2.05) is 18.7 Å². The molecule has 1 aliphatic carbocycles. The number of nitrogens with zero attached hydrogens (tertiary/aromatic N) is 3. The van der Waals surface area contributed by atoms with Crippen LogP contribution >= 0.6 is 12.2 Å². The lowest BCUT2D eigenvalue weighted by Gasteiger charge is -2.39. The molecule has 2 N–H and O–H groups in total. The molecule has 2 rings (SSSR count). The van der Waals surface area contributed by atoms with Crippen molar-refractivity contribution >= 4 is 23.0 Å². The standard InChI is InChI=1S/C15H26N4S/c1-10-12(13(16)20)14(19(5)17-10)18(4)11-6-8-15(2,3)9-7-11/h11H,6-9H2,1-5H3,(H2,16,20). The van der Waals surface area contributed by atoms with Crippen molar-refractivity contribution in [2.75, 3.05) is 11.9 Å². The van der Waals surface area contributed by atoms with Gasteiger partial charge >= 0.3 is 0 Å². The van der Waals surface area contributed by atoms with Crippen molar-refractivity contribution in [2.24, 2.45) is 18.2 Å². The summed E-state index contributed by atoms with van der Waals surface area (Å²) in [6.07, 6.45) is 4.96. The third kappa shape index (κ3) is 2.82. The number of hydrogen-bond donors (Lipinski definition) is 1.